The maximum atomic E-state index is 15.9. The van der Waals surface area contributed by atoms with E-state index in [1.54, 1.807) is 17.9 Å². The van der Waals surface area contributed by atoms with Crippen molar-refractivity contribution in [2.24, 2.45) is 0 Å². The lowest BCUT2D eigenvalue weighted by molar-refractivity contribution is -0.000817. The third kappa shape index (κ3) is 6.27. The fourth-order valence-electron chi connectivity index (χ4n) is 6.60. The van der Waals surface area contributed by atoms with E-state index in [1.165, 1.54) is 6.07 Å². The first kappa shape index (κ1) is 31.0. The van der Waals surface area contributed by atoms with E-state index in [9.17, 15) is 9.59 Å². The Morgan fingerprint density at radius 1 is 1.18 bits per heavy atom. The van der Waals surface area contributed by atoms with E-state index in [1.807, 2.05) is 43.3 Å². The van der Waals surface area contributed by atoms with Crippen LogP contribution in [-0.2, 0) is 9.47 Å². The smallest absolute Gasteiger partial charge is 0.256 e. The first-order valence-corrected chi connectivity index (χ1v) is 15.8. The summed E-state index contributed by atoms with van der Waals surface area (Å²) in [5.41, 5.74) is 0.698. The first-order chi connectivity index (χ1) is 21.9. The van der Waals surface area contributed by atoms with Crippen LogP contribution >= 0.6 is 0 Å². The van der Waals surface area contributed by atoms with E-state index in [0.717, 1.165) is 43.0 Å². The molecule has 45 heavy (non-hydrogen) atoms. The largest absolute Gasteiger partial charge is 0.451 e. The fourth-order valence-corrected chi connectivity index (χ4v) is 6.60. The molecule has 2 aliphatic rings. The van der Waals surface area contributed by atoms with Crippen molar-refractivity contribution in [1.29, 1.82) is 0 Å². The van der Waals surface area contributed by atoms with Gasteiger partial charge in [0.2, 0.25) is 5.43 Å². The second kappa shape index (κ2) is 13.6. The fraction of sp³-hybridized carbons (Fsp3) is 0.429. The maximum Gasteiger partial charge on any atom is 0.256 e. The zero-order chi connectivity index (χ0) is 31.5. The molecule has 238 valence electrons. The monoisotopic (exact) mass is 616 g/mol. The summed E-state index contributed by atoms with van der Waals surface area (Å²) in [4.78, 5) is 29.5. The lowest BCUT2D eigenvalue weighted by atomic mass is 10.0. The van der Waals surface area contributed by atoms with Gasteiger partial charge in [0.1, 0.15) is 16.8 Å². The molecule has 3 aromatic carbocycles. The second-order valence-electron chi connectivity index (χ2n) is 11.9. The van der Waals surface area contributed by atoms with Gasteiger partial charge in [0.15, 0.2) is 17.3 Å². The number of anilines is 1. The summed E-state index contributed by atoms with van der Waals surface area (Å²) in [6.07, 6.45) is 6.00. The summed E-state index contributed by atoms with van der Waals surface area (Å²) in [5, 5.41) is 8.17. The Morgan fingerprint density at radius 3 is 2.71 bits per heavy atom. The van der Waals surface area contributed by atoms with Crippen molar-refractivity contribution in [3.63, 3.8) is 0 Å². The molecule has 9 nitrogen and oxygen atoms in total. The molecule has 0 aliphatic carbocycles. The molecule has 10 heteroatoms. The summed E-state index contributed by atoms with van der Waals surface area (Å²) in [6, 6.07) is 13.4. The molecule has 0 spiro atoms. The SMILES string of the molecule is CCOC(CCCNc1c(F)cc2c(=O)c(C(=O)NCCC3CCCN3C)cn3c2c1Oc1cc2ccccc2cc1-3)COC. The minimum atomic E-state index is -0.620. The number of methoxy groups -OCH3 is 1. The number of rotatable bonds is 13. The molecule has 2 unspecified atom stereocenters. The van der Waals surface area contributed by atoms with Crippen LogP contribution in [0.15, 0.2) is 53.5 Å². The summed E-state index contributed by atoms with van der Waals surface area (Å²) in [7, 11) is 3.74. The zero-order valence-corrected chi connectivity index (χ0v) is 26.2. The number of pyridine rings is 1. The van der Waals surface area contributed by atoms with Crippen molar-refractivity contribution in [3.8, 4) is 17.2 Å². The van der Waals surface area contributed by atoms with E-state index >= 15 is 4.39 Å². The first-order valence-electron chi connectivity index (χ1n) is 15.8. The van der Waals surface area contributed by atoms with E-state index in [-0.39, 0.29) is 28.5 Å². The Hall–Kier alpha value is -3.99. The van der Waals surface area contributed by atoms with Gasteiger partial charge in [-0.1, -0.05) is 24.3 Å². The van der Waals surface area contributed by atoms with Crippen molar-refractivity contribution in [2.75, 3.05) is 52.3 Å². The van der Waals surface area contributed by atoms with Crippen LogP contribution in [-0.4, -0.2) is 74.5 Å². The third-order valence-corrected chi connectivity index (χ3v) is 8.93. The molecular weight excluding hydrogens is 575 g/mol. The summed E-state index contributed by atoms with van der Waals surface area (Å²) in [6.45, 7) is 4.97. The van der Waals surface area contributed by atoms with Crippen LogP contribution in [0.25, 0.3) is 27.4 Å². The molecule has 1 amide bonds. The molecule has 3 heterocycles. The van der Waals surface area contributed by atoms with Gasteiger partial charge in [0.05, 0.1) is 23.8 Å². The van der Waals surface area contributed by atoms with Crippen molar-refractivity contribution >= 4 is 33.3 Å². The number of nitrogens with zero attached hydrogens (tertiary/aromatic N) is 2. The lowest BCUT2D eigenvalue weighted by Crippen LogP contribution is -2.34. The van der Waals surface area contributed by atoms with Gasteiger partial charge in [0, 0.05) is 39.0 Å². The Labute approximate surface area is 262 Å². The van der Waals surface area contributed by atoms with Gasteiger partial charge in [0.25, 0.3) is 5.91 Å². The molecule has 1 aromatic heterocycles. The molecule has 2 aliphatic heterocycles. The van der Waals surface area contributed by atoms with Crippen LogP contribution in [0.5, 0.6) is 11.5 Å². The highest BCUT2D eigenvalue weighted by molar-refractivity contribution is 6.02. The van der Waals surface area contributed by atoms with Crippen LogP contribution in [0.3, 0.4) is 0 Å². The van der Waals surface area contributed by atoms with Gasteiger partial charge < -0.3 is 34.3 Å². The number of carbonyl (C=O) groups is 1. The van der Waals surface area contributed by atoms with Crippen LogP contribution in [0.1, 0.15) is 49.4 Å². The van der Waals surface area contributed by atoms with Gasteiger partial charge in [-0.3, -0.25) is 9.59 Å². The Balaban J connectivity index is 1.36. The number of halogens is 1. The van der Waals surface area contributed by atoms with Crippen molar-refractivity contribution in [3.05, 3.63) is 70.3 Å². The number of likely N-dealkylation sites (tertiary alicyclic amines) is 1. The highest BCUT2D eigenvalue weighted by atomic mass is 19.1. The van der Waals surface area contributed by atoms with Gasteiger partial charge in [-0.2, -0.15) is 0 Å². The molecule has 4 aromatic rings. The van der Waals surface area contributed by atoms with E-state index in [0.29, 0.717) is 55.7 Å². The lowest BCUT2D eigenvalue weighted by Gasteiger charge is -2.27. The number of amides is 1. The molecule has 0 radical (unpaired) electrons. The van der Waals surface area contributed by atoms with Crippen molar-refractivity contribution in [2.45, 2.75) is 51.2 Å². The number of hydrogen-bond donors (Lipinski definition) is 2. The molecule has 6 rings (SSSR count). The minimum Gasteiger partial charge on any atom is -0.451 e. The number of aromatic nitrogens is 1. The van der Waals surface area contributed by atoms with Crippen LogP contribution in [0, 0.1) is 5.82 Å². The highest BCUT2D eigenvalue weighted by Crippen LogP contribution is 2.46. The average molecular weight is 617 g/mol. The molecule has 0 saturated carbocycles. The van der Waals surface area contributed by atoms with Gasteiger partial charge in [-0.05, 0) is 81.6 Å². The summed E-state index contributed by atoms with van der Waals surface area (Å²) in [5.74, 6) is -0.360. The van der Waals surface area contributed by atoms with Gasteiger partial charge in [-0.15, -0.1) is 0 Å². The van der Waals surface area contributed by atoms with Crippen molar-refractivity contribution < 1.29 is 23.4 Å². The topological polar surface area (TPSA) is 94.1 Å². The number of benzene rings is 3. The number of carbonyl (C=O) groups excluding carboxylic acids is 1. The van der Waals surface area contributed by atoms with Crippen LogP contribution in [0.2, 0.25) is 0 Å². The van der Waals surface area contributed by atoms with E-state index in [2.05, 4.69) is 22.6 Å². The predicted octanol–water partition coefficient (Wildman–Crippen LogP) is 5.85. The van der Waals surface area contributed by atoms with E-state index in [4.69, 9.17) is 14.2 Å². The Kier molecular flexibility index (Phi) is 9.34. The minimum absolute atomic E-state index is 0.0329. The number of nitrogens with one attached hydrogen (secondary N) is 2. The van der Waals surface area contributed by atoms with Gasteiger partial charge in [-0.25, -0.2) is 4.39 Å². The normalized spacial score (nSPS) is 16.5. The number of fused-ring (bicyclic) bond motifs is 3. The van der Waals surface area contributed by atoms with Crippen LogP contribution < -0.4 is 20.8 Å². The summed E-state index contributed by atoms with van der Waals surface area (Å²) >= 11 is 0. The highest BCUT2D eigenvalue weighted by Gasteiger charge is 2.29. The van der Waals surface area contributed by atoms with Crippen molar-refractivity contribution in [1.82, 2.24) is 14.8 Å². The standard InChI is InChI=1S/C35H41FN4O5/c1-4-44-25(21-43-3)12-7-14-37-31-28(36)19-26-32-34(31)45-30-18-23-10-6-5-9-22(23)17-29(30)40(32)20-27(33(26)41)35(42)38-15-13-24-11-8-16-39(24)2/h5-6,9-10,17-20,24-25,37H,4,7-8,11-16,21H2,1-3H3,(H,38,42). The van der Waals surface area contributed by atoms with E-state index < -0.39 is 17.2 Å². The zero-order valence-electron chi connectivity index (χ0n) is 26.2. The quantitative estimate of drug-likeness (QED) is 0.160. The Bertz CT molecular complexity index is 1770. The third-order valence-electron chi connectivity index (χ3n) is 8.93. The van der Waals surface area contributed by atoms with Gasteiger partial charge >= 0.3 is 0 Å². The number of ether oxygens (including phenoxy) is 3. The second-order valence-corrected chi connectivity index (χ2v) is 11.9. The average Bonchev–Trinajstić information content (AvgIpc) is 3.44. The summed E-state index contributed by atoms with van der Waals surface area (Å²) < 4.78 is 35.1. The molecular formula is C35H41FN4O5. The maximum absolute atomic E-state index is 15.9. The predicted molar refractivity (Wildman–Crippen MR) is 175 cm³/mol. The Morgan fingerprint density at radius 2 is 1.98 bits per heavy atom. The number of hydrogen-bond acceptors (Lipinski definition) is 7. The molecule has 2 atom stereocenters. The molecule has 2 N–H and O–H groups in total. The molecule has 1 fully saturated rings. The molecule has 1 saturated heterocycles. The molecule has 0 bridgehead atoms. The van der Waals surface area contributed by atoms with Crippen LogP contribution in [0.4, 0.5) is 10.1 Å².